The monoisotopic (exact) mass is 174 g/mol. The molecule has 0 spiro atoms. The van der Waals surface area contributed by atoms with E-state index in [1.807, 2.05) is 0 Å². The number of hydrogen-bond acceptors (Lipinski definition) is 2. The van der Waals surface area contributed by atoms with Gasteiger partial charge in [0.25, 0.3) is 0 Å². The molecule has 0 N–H and O–H groups in total. The molecule has 11 heavy (non-hydrogen) atoms. The van der Waals surface area contributed by atoms with E-state index >= 15 is 0 Å². The van der Waals surface area contributed by atoms with Crippen molar-refractivity contribution in [3.63, 3.8) is 0 Å². The topological polar surface area (TPSA) is 26.3 Å². The Morgan fingerprint density at radius 2 is 2.00 bits per heavy atom. The first-order valence-corrected chi connectivity index (χ1v) is 2.68. The second kappa shape index (κ2) is 4.27. The molecule has 0 aromatic heterocycles. The highest BCUT2D eigenvalue weighted by Crippen LogP contribution is 2.22. The summed E-state index contributed by atoms with van der Waals surface area (Å²) in [5.74, 6) is -4.16. The maximum absolute atomic E-state index is 11.9. The molecule has 0 saturated heterocycles. The SMILES string of the molecule is O=CCOCC(F)(F)C(F)F. The molecular weight excluding hydrogens is 168 g/mol. The van der Waals surface area contributed by atoms with Gasteiger partial charge in [-0.2, -0.15) is 8.78 Å². The molecule has 0 unspecified atom stereocenters. The first-order chi connectivity index (χ1) is 5.00. The van der Waals surface area contributed by atoms with Gasteiger partial charge in [-0.25, -0.2) is 8.78 Å². The van der Waals surface area contributed by atoms with E-state index in [-0.39, 0.29) is 6.29 Å². The first kappa shape index (κ1) is 10.3. The fourth-order valence-corrected chi connectivity index (χ4v) is 0.306. The van der Waals surface area contributed by atoms with Crippen molar-refractivity contribution in [1.29, 1.82) is 0 Å². The van der Waals surface area contributed by atoms with Gasteiger partial charge >= 0.3 is 12.3 Å². The normalized spacial score (nSPS) is 12.1. The maximum Gasteiger partial charge on any atom is 0.330 e. The van der Waals surface area contributed by atoms with Crippen LogP contribution in [-0.2, 0) is 9.53 Å². The second-order valence-corrected chi connectivity index (χ2v) is 1.74. The fraction of sp³-hybridized carbons (Fsp3) is 0.800. The zero-order valence-corrected chi connectivity index (χ0v) is 5.40. The van der Waals surface area contributed by atoms with Crippen molar-refractivity contribution in [3.05, 3.63) is 0 Å². The van der Waals surface area contributed by atoms with Crippen molar-refractivity contribution in [3.8, 4) is 0 Å². The Kier molecular flexibility index (Phi) is 4.02. The number of hydrogen-bond donors (Lipinski definition) is 0. The van der Waals surface area contributed by atoms with Gasteiger partial charge in [0.05, 0.1) is 0 Å². The number of ether oxygens (including phenoxy) is 1. The summed E-state index contributed by atoms with van der Waals surface area (Å²) in [5, 5.41) is 0. The van der Waals surface area contributed by atoms with Crippen molar-refractivity contribution in [1.82, 2.24) is 0 Å². The van der Waals surface area contributed by atoms with Crippen molar-refractivity contribution >= 4 is 6.29 Å². The smallest absolute Gasteiger partial charge is 0.330 e. The number of rotatable bonds is 5. The van der Waals surface area contributed by atoms with Crippen LogP contribution in [0.4, 0.5) is 17.6 Å². The van der Waals surface area contributed by atoms with Crippen LogP contribution in [-0.4, -0.2) is 31.8 Å². The van der Waals surface area contributed by atoms with Gasteiger partial charge in [-0.1, -0.05) is 0 Å². The van der Waals surface area contributed by atoms with Gasteiger partial charge in [0.1, 0.15) is 19.5 Å². The van der Waals surface area contributed by atoms with E-state index in [1.165, 1.54) is 0 Å². The van der Waals surface area contributed by atoms with E-state index in [1.54, 1.807) is 0 Å². The molecule has 0 aliphatic carbocycles. The molecule has 0 aliphatic rings. The van der Waals surface area contributed by atoms with Crippen LogP contribution in [0.2, 0.25) is 0 Å². The lowest BCUT2D eigenvalue weighted by Gasteiger charge is -2.13. The van der Waals surface area contributed by atoms with Gasteiger partial charge in [-0.3, -0.25) is 0 Å². The van der Waals surface area contributed by atoms with Crippen LogP contribution in [0.15, 0.2) is 0 Å². The number of halogens is 4. The lowest BCUT2D eigenvalue weighted by Crippen LogP contribution is -2.32. The van der Waals surface area contributed by atoms with Gasteiger partial charge in [0.2, 0.25) is 0 Å². The Morgan fingerprint density at radius 3 is 2.36 bits per heavy atom. The van der Waals surface area contributed by atoms with E-state index in [2.05, 4.69) is 4.74 Å². The molecule has 0 aromatic rings. The molecule has 0 saturated carbocycles. The minimum absolute atomic E-state index is 0.210. The average molecular weight is 174 g/mol. The Balaban J connectivity index is 3.63. The van der Waals surface area contributed by atoms with Crippen LogP contribution in [0.3, 0.4) is 0 Å². The van der Waals surface area contributed by atoms with Crippen molar-refractivity contribution in [2.24, 2.45) is 0 Å². The summed E-state index contributed by atoms with van der Waals surface area (Å²) < 4.78 is 50.3. The van der Waals surface area contributed by atoms with Gasteiger partial charge in [0, 0.05) is 0 Å². The third-order valence-corrected chi connectivity index (χ3v) is 0.800. The highest BCUT2D eigenvalue weighted by Gasteiger charge is 2.40. The zero-order valence-electron chi connectivity index (χ0n) is 5.40. The minimum Gasteiger partial charge on any atom is -0.368 e. The molecule has 0 heterocycles. The highest BCUT2D eigenvalue weighted by atomic mass is 19.3. The van der Waals surface area contributed by atoms with Crippen LogP contribution < -0.4 is 0 Å². The van der Waals surface area contributed by atoms with Gasteiger partial charge in [-0.15, -0.1) is 0 Å². The number of alkyl halides is 4. The third-order valence-electron chi connectivity index (χ3n) is 0.800. The van der Waals surface area contributed by atoms with Gasteiger partial charge < -0.3 is 9.53 Å². The maximum atomic E-state index is 11.9. The Bertz CT molecular complexity index is 126. The summed E-state index contributed by atoms with van der Waals surface area (Å²) in [6.45, 7) is -2.02. The molecule has 0 radical (unpaired) electrons. The highest BCUT2D eigenvalue weighted by molar-refractivity contribution is 5.50. The van der Waals surface area contributed by atoms with E-state index in [0.29, 0.717) is 0 Å². The third kappa shape index (κ3) is 3.92. The Hall–Kier alpha value is -0.650. The summed E-state index contributed by atoms with van der Waals surface area (Å²) in [6.07, 6.45) is -3.55. The minimum atomic E-state index is -4.16. The van der Waals surface area contributed by atoms with E-state index in [0.717, 1.165) is 0 Å². The van der Waals surface area contributed by atoms with Crippen LogP contribution >= 0.6 is 0 Å². The fourth-order valence-electron chi connectivity index (χ4n) is 0.306. The van der Waals surface area contributed by atoms with E-state index in [9.17, 15) is 22.4 Å². The lowest BCUT2D eigenvalue weighted by molar-refractivity contribution is -0.166. The van der Waals surface area contributed by atoms with E-state index in [4.69, 9.17) is 0 Å². The van der Waals surface area contributed by atoms with Crippen molar-refractivity contribution in [2.75, 3.05) is 13.2 Å². The number of carbonyl (C=O) groups excluding carboxylic acids is 1. The van der Waals surface area contributed by atoms with Gasteiger partial charge in [-0.05, 0) is 0 Å². The summed E-state index contributed by atoms with van der Waals surface area (Å²) in [7, 11) is 0. The predicted molar refractivity (Wildman–Crippen MR) is 27.8 cm³/mol. The average Bonchev–Trinajstić information content (AvgIpc) is 1.88. The zero-order chi connectivity index (χ0) is 8.91. The first-order valence-electron chi connectivity index (χ1n) is 2.68. The molecule has 66 valence electrons. The lowest BCUT2D eigenvalue weighted by atomic mass is 10.4. The second-order valence-electron chi connectivity index (χ2n) is 1.74. The molecule has 6 heteroatoms. The van der Waals surface area contributed by atoms with Crippen molar-refractivity contribution < 1.29 is 27.1 Å². The van der Waals surface area contributed by atoms with Crippen LogP contribution in [0, 0.1) is 0 Å². The van der Waals surface area contributed by atoms with Gasteiger partial charge in [0.15, 0.2) is 0 Å². The molecule has 0 rings (SSSR count). The number of carbonyl (C=O) groups is 1. The van der Waals surface area contributed by atoms with Crippen LogP contribution in [0.1, 0.15) is 0 Å². The Labute approximate surface area is 60.1 Å². The molecule has 0 atom stereocenters. The molecule has 2 nitrogen and oxygen atoms in total. The van der Waals surface area contributed by atoms with Crippen molar-refractivity contribution in [2.45, 2.75) is 12.3 Å². The summed E-state index contributed by atoms with van der Waals surface area (Å²) >= 11 is 0. The molecule has 0 fully saturated rings. The molecule has 0 bridgehead atoms. The predicted octanol–water partition coefficient (Wildman–Crippen LogP) is 1.10. The summed E-state index contributed by atoms with van der Waals surface area (Å²) in [5.41, 5.74) is 0. The molecule has 0 amide bonds. The van der Waals surface area contributed by atoms with Crippen LogP contribution in [0.25, 0.3) is 0 Å². The Morgan fingerprint density at radius 1 is 1.45 bits per heavy atom. The van der Waals surface area contributed by atoms with E-state index < -0.39 is 25.6 Å². The molecule has 0 aromatic carbocycles. The van der Waals surface area contributed by atoms with Crippen LogP contribution in [0.5, 0.6) is 0 Å². The molecule has 0 aliphatic heterocycles. The quantitative estimate of drug-likeness (QED) is 0.354. The molecular formula is C5H6F4O2. The largest absolute Gasteiger partial charge is 0.368 e. The standard InChI is InChI=1S/C5H6F4O2/c6-4(7)5(8,9)3-11-2-1-10/h1,4H,2-3H2. The number of aldehydes is 1. The summed E-state index contributed by atoms with van der Waals surface area (Å²) in [6, 6.07) is 0. The summed E-state index contributed by atoms with van der Waals surface area (Å²) in [4.78, 5) is 9.50.